The first-order valence-electron chi connectivity index (χ1n) is 8.92. The summed E-state index contributed by atoms with van der Waals surface area (Å²) in [6, 6.07) is 15.0. The van der Waals surface area contributed by atoms with Gasteiger partial charge < -0.3 is 18.9 Å². The zero-order valence-corrected chi connectivity index (χ0v) is 16.4. The van der Waals surface area contributed by atoms with Gasteiger partial charge in [0.25, 0.3) is 5.91 Å². The molecule has 146 valence electrons. The molecule has 0 N–H and O–H groups in total. The Kier molecular flexibility index (Phi) is 5.93. The molecule has 3 rings (SSSR count). The van der Waals surface area contributed by atoms with E-state index in [1.54, 1.807) is 21.1 Å². The van der Waals surface area contributed by atoms with Crippen LogP contribution in [0.25, 0.3) is 11.4 Å². The minimum atomic E-state index is -0.633. The summed E-state index contributed by atoms with van der Waals surface area (Å²) in [6.45, 7) is 3.85. The van der Waals surface area contributed by atoms with Crippen molar-refractivity contribution in [2.45, 2.75) is 26.5 Å². The van der Waals surface area contributed by atoms with Crippen LogP contribution in [0, 0.1) is 6.92 Å². The second kappa shape index (κ2) is 8.56. The molecule has 7 nitrogen and oxygen atoms in total. The lowest BCUT2D eigenvalue weighted by Crippen LogP contribution is -2.37. The van der Waals surface area contributed by atoms with E-state index in [1.165, 1.54) is 4.90 Å². The van der Waals surface area contributed by atoms with Gasteiger partial charge >= 0.3 is 0 Å². The zero-order chi connectivity index (χ0) is 20.1. The van der Waals surface area contributed by atoms with Crippen molar-refractivity contribution < 1.29 is 18.8 Å². The lowest BCUT2D eigenvalue weighted by molar-refractivity contribution is -0.137. The maximum atomic E-state index is 12.6. The summed E-state index contributed by atoms with van der Waals surface area (Å²) < 4.78 is 16.3. The predicted molar refractivity (Wildman–Crippen MR) is 104 cm³/mol. The van der Waals surface area contributed by atoms with Crippen LogP contribution in [-0.4, -0.2) is 41.2 Å². The van der Waals surface area contributed by atoms with E-state index in [0.717, 1.165) is 11.1 Å². The van der Waals surface area contributed by atoms with Gasteiger partial charge in [-0.25, -0.2) is 0 Å². The maximum Gasteiger partial charge on any atom is 0.263 e. The van der Waals surface area contributed by atoms with Crippen molar-refractivity contribution in [2.24, 2.45) is 0 Å². The van der Waals surface area contributed by atoms with Gasteiger partial charge in [0.15, 0.2) is 6.10 Å². The number of carbonyl (C=O) groups excluding carboxylic acids is 1. The van der Waals surface area contributed by atoms with Gasteiger partial charge in [0.2, 0.25) is 11.7 Å². The number of amides is 1. The number of rotatable bonds is 7. The number of hydrogen-bond donors (Lipinski definition) is 0. The Balaban J connectivity index is 1.64. The lowest BCUT2D eigenvalue weighted by Gasteiger charge is -2.21. The van der Waals surface area contributed by atoms with Gasteiger partial charge in [-0.2, -0.15) is 4.98 Å². The zero-order valence-electron chi connectivity index (χ0n) is 16.4. The Bertz CT molecular complexity index is 954. The molecule has 0 aliphatic carbocycles. The topological polar surface area (TPSA) is 77.7 Å². The molecule has 1 heterocycles. The highest BCUT2D eigenvalue weighted by Crippen LogP contribution is 2.22. The summed E-state index contributed by atoms with van der Waals surface area (Å²) in [6.07, 6.45) is -0.633. The number of methoxy groups -OCH3 is 1. The second-order valence-electron chi connectivity index (χ2n) is 6.46. The van der Waals surface area contributed by atoms with Crippen LogP contribution >= 0.6 is 0 Å². The highest BCUT2D eigenvalue weighted by Gasteiger charge is 2.22. The van der Waals surface area contributed by atoms with E-state index < -0.39 is 6.10 Å². The van der Waals surface area contributed by atoms with Gasteiger partial charge in [-0.3, -0.25) is 4.79 Å². The lowest BCUT2D eigenvalue weighted by atomic mass is 10.2. The second-order valence-corrected chi connectivity index (χ2v) is 6.46. The molecular formula is C21H23N3O4. The van der Waals surface area contributed by atoms with Crippen molar-refractivity contribution in [3.8, 4) is 22.9 Å². The standard InChI is InChI=1S/C21H23N3O4/c1-14-8-5-6-11-18(14)27-15(2)21(25)24(3)13-19-22-20(23-28-19)16-9-7-10-17(12-16)26-4/h5-12,15H,13H2,1-4H3/t15-/m1/s1. The van der Waals surface area contributed by atoms with Gasteiger partial charge in [0.05, 0.1) is 13.7 Å². The number of para-hydroxylation sites is 1. The van der Waals surface area contributed by atoms with Crippen LogP contribution in [0.1, 0.15) is 18.4 Å². The first-order chi connectivity index (χ1) is 13.5. The van der Waals surface area contributed by atoms with Crippen LogP contribution in [0.5, 0.6) is 11.5 Å². The molecule has 0 saturated carbocycles. The van der Waals surface area contributed by atoms with Crippen LogP contribution < -0.4 is 9.47 Å². The fourth-order valence-corrected chi connectivity index (χ4v) is 2.72. The van der Waals surface area contributed by atoms with Crippen molar-refractivity contribution in [1.82, 2.24) is 15.0 Å². The van der Waals surface area contributed by atoms with E-state index >= 15 is 0 Å². The molecular weight excluding hydrogens is 358 g/mol. The van der Waals surface area contributed by atoms with Gasteiger partial charge in [-0.1, -0.05) is 35.5 Å². The molecule has 1 atom stereocenters. The van der Waals surface area contributed by atoms with Crippen LogP contribution in [0.15, 0.2) is 53.1 Å². The number of nitrogens with zero attached hydrogens (tertiary/aromatic N) is 3. The molecule has 0 saturated heterocycles. The third-order valence-corrected chi connectivity index (χ3v) is 4.29. The molecule has 2 aromatic carbocycles. The Morgan fingerprint density at radius 3 is 2.75 bits per heavy atom. The largest absolute Gasteiger partial charge is 0.497 e. The molecule has 0 spiro atoms. The highest BCUT2D eigenvalue weighted by molar-refractivity contribution is 5.80. The average Bonchev–Trinajstić information content (AvgIpc) is 3.17. The fourth-order valence-electron chi connectivity index (χ4n) is 2.72. The summed E-state index contributed by atoms with van der Waals surface area (Å²) >= 11 is 0. The van der Waals surface area contributed by atoms with Crippen molar-refractivity contribution >= 4 is 5.91 Å². The molecule has 0 bridgehead atoms. The van der Waals surface area contributed by atoms with Crippen LogP contribution in [0.2, 0.25) is 0 Å². The SMILES string of the molecule is COc1cccc(-c2noc(CN(C)C(=O)[C@@H](C)Oc3ccccc3C)n2)c1. The number of likely N-dealkylation sites (N-methyl/N-ethyl adjacent to an activating group) is 1. The molecule has 0 aliphatic rings. The van der Waals surface area contributed by atoms with Crippen molar-refractivity contribution in [3.05, 3.63) is 60.0 Å². The molecule has 0 unspecified atom stereocenters. The Morgan fingerprint density at radius 2 is 2.00 bits per heavy atom. The number of benzene rings is 2. The van der Waals surface area contributed by atoms with Gasteiger partial charge in [0, 0.05) is 12.6 Å². The smallest absolute Gasteiger partial charge is 0.263 e. The highest BCUT2D eigenvalue weighted by atomic mass is 16.5. The minimum absolute atomic E-state index is 0.176. The predicted octanol–water partition coefficient (Wildman–Crippen LogP) is 3.48. The Labute approximate surface area is 163 Å². The number of carbonyl (C=O) groups is 1. The summed E-state index contributed by atoms with van der Waals surface area (Å²) in [5.74, 6) is 2.01. The molecule has 7 heteroatoms. The van der Waals surface area contributed by atoms with Crippen molar-refractivity contribution in [1.29, 1.82) is 0 Å². The number of ether oxygens (including phenoxy) is 2. The Hall–Kier alpha value is -3.35. The fraction of sp³-hybridized carbons (Fsp3) is 0.286. The van der Waals surface area contributed by atoms with E-state index in [9.17, 15) is 4.79 Å². The van der Waals surface area contributed by atoms with E-state index in [1.807, 2.05) is 55.5 Å². The average molecular weight is 381 g/mol. The third-order valence-electron chi connectivity index (χ3n) is 4.29. The Morgan fingerprint density at radius 1 is 1.21 bits per heavy atom. The van der Waals surface area contributed by atoms with E-state index in [2.05, 4.69) is 10.1 Å². The van der Waals surface area contributed by atoms with Crippen molar-refractivity contribution in [2.75, 3.05) is 14.2 Å². The number of hydrogen-bond acceptors (Lipinski definition) is 6. The molecule has 28 heavy (non-hydrogen) atoms. The molecule has 1 amide bonds. The summed E-state index contributed by atoms with van der Waals surface area (Å²) in [5, 5.41) is 3.99. The normalized spacial score (nSPS) is 11.7. The summed E-state index contributed by atoms with van der Waals surface area (Å²) in [4.78, 5) is 18.5. The van der Waals surface area contributed by atoms with Gasteiger partial charge in [0.1, 0.15) is 11.5 Å². The van der Waals surface area contributed by atoms with E-state index in [0.29, 0.717) is 23.2 Å². The van der Waals surface area contributed by atoms with Crippen LogP contribution in [0.3, 0.4) is 0 Å². The molecule has 3 aromatic rings. The summed E-state index contributed by atoms with van der Waals surface area (Å²) in [5.41, 5.74) is 1.75. The summed E-state index contributed by atoms with van der Waals surface area (Å²) in [7, 11) is 3.27. The minimum Gasteiger partial charge on any atom is -0.497 e. The first kappa shape index (κ1) is 19.4. The first-order valence-corrected chi connectivity index (χ1v) is 8.92. The van der Waals surface area contributed by atoms with E-state index in [-0.39, 0.29) is 12.5 Å². The monoisotopic (exact) mass is 381 g/mol. The molecule has 1 aromatic heterocycles. The third kappa shape index (κ3) is 4.49. The molecule has 0 fully saturated rings. The van der Waals surface area contributed by atoms with Crippen molar-refractivity contribution in [3.63, 3.8) is 0 Å². The van der Waals surface area contributed by atoms with Crippen LogP contribution in [0.4, 0.5) is 0 Å². The molecule has 0 radical (unpaired) electrons. The number of aromatic nitrogens is 2. The maximum absolute atomic E-state index is 12.6. The number of aryl methyl sites for hydroxylation is 1. The van der Waals surface area contributed by atoms with Crippen LogP contribution in [-0.2, 0) is 11.3 Å². The van der Waals surface area contributed by atoms with Gasteiger partial charge in [-0.15, -0.1) is 0 Å². The van der Waals surface area contributed by atoms with E-state index in [4.69, 9.17) is 14.0 Å². The van der Waals surface area contributed by atoms with Gasteiger partial charge in [-0.05, 0) is 37.6 Å². The quantitative estimate of drug-likeness (QED) is 0.624. The molecule has 0 aliphatic heterocycles.